The van der Waals surface area contributed by atoms with Crippen molar-refractivity contribution in [3.8, 4) is 5.75 Å². The molecule has 0 spiro atoms. The molecule has 1 unspecified atom stereocenters. The van der Waals surface area contributed by atoms with Crippen molar-refractivity contribution in [2.24, 2.45) is 5.73 Å². The first kappa shape index (κ1) is 14.4. The molecule has 3 rings (SSSR count). The van der Waals surface area contributed by atoms with Gasteiger partial charge in [-0.15, -0.1) is 0 Å². The highest BCUT2D eigenvalue weighted by atomic mass is 35.5. The molecule has 2 N–H and O–H groups in total. The highest BCUT2D eigenvalue weighted by Gasteiger charge is 2.21. The van der Waals surface area contributed by atoms with Gasteiger partial charge in [0.2, 0.25) is 0 Å². The fourth-order valence-electron chi connectivity index (χ4n) is 2.65. The average Bonchev–Trinajstić information content (AvgIpc) is 2.53. The average molecular weight is 304 g/mol. The van der Waals surface area contributed by atoms with Gasteiger partial charge in [0, 0.05) is 17.1 Å². The molecule has 3 nitrogen and oxygen atoms in total. The van der Waals surface area contributed by atoms with Crippen molar-refractivity contribution < 1.29 is 9.47 Å². The van der Waals surface area contributed by atoms with E-state index in [1.165, 1.54) is 11.1 Å². The standard InChI is InChI=1S/C17H18ClNO2/c18-15-6-3-7-16(14(15)10-19)21-11-17-13-5-2-1-4-12(13)8-9-20-17/h1-7,17H,8-11,19H2. The van der Waals surface area contributed by atoms with Crippen LogP contribution in [0.5, 0.6) is 5.75 Å². The van der Waals surface area contributed by atoms with Crippen LogP contribution in [-0.4, -0.2) is 13.2 Å². The fraction of sp³-hybridized carbons (Fsp3) is 0.294. The van der Waals surface area contributed by atoms with Crippen LogP contribution in [0.2, 0.25) is 5.02 Å². The monoisotopic (exact) mass is 303 g/mol. The maximum Gasteiger partial charge on any atom is 0.125 e. The van der Waals surface area contributed by atoms with Gasteiger partial charge < -0.3 is 15.2 Å². The molecule has 0 aromatic heterocycles. The predicted octanol–water partition coefficient (Wildman–Crippen LogP) is 3.49. The third-order valence-corrected chi connectivity index (χ3v) is 4.12. The lowest BCUT2D eigenvalue weighted by Gasteiger charge is -2.26. The molecule has 0 radical (unpaired) electrons. The first-order chi connectivity index (χ1) is 10.3. The van der Waals surface area contributed by atoms with Gasteiger partial charge in [0.1, 0.15) is 18.5 Å². The van der Waals surface area contributed by atoms with Crippen LogP contribution in [0, 0.1) is 0 Å². The Hall–Kier alpha value is -1.55. The van der Waals surface area contributed by atoms with Crippen LogP contribution in [0.25, 0.3) is 0 Å². The van der Waals surface area contributed by atoms with E-state index < -0.39 is 0 Å². The normalized spacial score (nSPS) is 17.3. The minimum Gasteiger partial charge on any atom is -0.490 e. The number of nitrogens with two attached hydrogens (primary N) is 1. The van der Waals surface area contributed by atoms with Crippen molar-refractivity contribution in [3.05, 3.63) is 64.2 Å². The molecule has 2 aromatic rings. The summed E-state index contributed by atoms with van der Waals surface area (Å²) in [6.07, 6.45) is 0.914. The van der Waals surface area contributed by atoms with Crippen molar-refractivity contribution in [3.63, 3.8) is 0 Å². The summed E-state index contributed by atoms with van der Waals surface area (Å²) in [6.45, 7) is 1.55. The van der Waals surface area contributed by atoms with Crippen LogP contribution >= 0.6 is 11.6 Å². The fourth-order valence-corrected chi connectivity index (χ4v) is 2.90. The van der Waals surface area contributed by atoms with Gasteiger partial charge in [0.05, 0.1) is 6.61 Å². The Bertz CT molecular complexity index is 630. The second-order valence-corrected chi connectivity index (χ2v) is 5.45. The van der Waals surface area contributed by atoms with E-state index in [2.05, 4.69) is 18.2 Å². The van der Waals surface area contributed by atoms with Gasteiger partial charge in [-0.3, -0.25) is 0 Å². The first-order valence-corrected chi connectivity index (χ1v) is 7.47. The summed E-state index contributed by atoms with van der Waals surface area (Å²) in [7, 11) is 0. The van der Waals surface area contributed by atoms with E-state index in [0.717, 1.165) is 24.3 Å². The molecular formula is C17H18ClNO2. The summed E-state index contributed by atoms with van der Waals surface area (Å²) >= 11 is 6.14. The summed E-state index contributed by atoms with van der Waals surface area (Å²) in [5.41, 5.74) is 9.12. The minimum absolute atomic E-state index is 0.0421. The Morgan fingerprint density at radius 1 is 1.19 bits per heavy atom. The Morgan fingerprint density at radius 2 is 2.05 bits per heavy atom. The largest absolute Gasteiger partial charge is 0.490 e. The second-order valence-electron chi connectivity index (χ2n) is 5.04. The lowest BCUT2D eigenvalue weighted by atomic mass is 9.98. The number of halogens is 1. The molecule has 0 saturated carbocycles. The van der Waals surface area contributed by atoms with Crippen molar-refractivity contribution in [2.45, 2.75) is 19.1 Å². The van der Waals surface area contributed by atoms with Gasteiger partial charge in [0.25, 0.3) is 0 Å². The predicted molar refractivity (Wildman–Crippen MR) is 83.7 cm³/mol. The van der Waals surface area contributed by atoms with Crippen LogP contribution < -0.4 is 10.5 Å². The van der Waals surface area contributed by atoms with Gasteiger partial charge in [-0.25, -0.2) is 0 Å². The van der Waals surface area contributed by atoms with E-state index in [1.807, 2.05) is 24.3 Å². The quantitative estimate of drug-likeness (QED) is 0.940. The number of ether oxygens (including phenoxy) is 2. The Balaban J connectivity index is 1.76. The molecule has 1 atom stereocenters. The highest BCUT2D eigenvalue weighted by molar-refractivity contribution is 6.31. The maximum absolute atomic E-state index is 6.14. The topological polar surface area (TPSA) is 44.5 Å². The SMILES string of the molecule is NCc1c(Cl)cccc1OCC1OCCc2ccccc21. The van der Waals surface area contributed by atoms with Crippen LogP contribution in [-0.2, 0) is 17.7 Å². The summed E-state index contributed by atoms with van der Waals surface area (Å²) < 4.78 is 11.8. The highest BCUT2D eigenvalue weighted by Crippen LogP contribution is 2.30. The third kappa shape index (κ3) is 3.05. The van der Waals surface area contributed by atoms with E-state index >= 15 is 0 Å². The molecule has 1 heterocycles. The summed E-state index contributed by atoms with van der Waals surface area (Å²) in [4.78, 5) is 0. The lowest BCUT2D eigenvalue weighted by Crippen LogP contribution is -2.22. The van der Waals surface area contributed by atoms with Crippen molar-refractivity contribution in [1.82, 2.24) is 0 Å². The number of benzene rings is 2. The van der Waals surface area contributed by atoms with E-state index in [-0.39, 0.29) is 6.10 Å². The van der Waals surface area contributed by atoms with Crippen molar-refractivity contribution in [1.29, 1.82) is 0 Å². The molecule has 0 aliphatic carbocycles. The molecule has 0 amide bonds. The van der Waals surface area contributed by atoms with Gasteiger partial charge >= 0.3 is 0 Å². The van der Waals surface area contributed by atoms with E-state index in [4.69, 9.17) is 26.8 Å². The van der Waals surface area contributed by atoms with Crippen molar-refractivity contribution >= 4 is 11.6 Å². The van der Waals surface area contributed by atoms with Crippen LogP contribution in [0.15, 0.2) is 42.5 Å². The van der Waals surface area contributed by atoms with Gasteiger partial charge in [-0.2, -0.15) is 0 Å². The maximum atomic E-state index is 6.14. The molecule has 0 fully saturated rings. The smallest absolute Gasteiger partial charge is 0.125 e. The molecule has 0 bridgehead atoms. The van der Waals surface area contributed by atoms with E-state index in [0.29, 0.717) is 18.2 Å². The van der Waals surface area contributed by atoms with E-state index in [9.17, 15) is 0 Å². The molecule has 21 heavy (non-hydrogen) atoms. The summed E-state index contributed by atoms with van der Waals surface area (Å²) in [6, 6.07) is 13.9. The van der Waals surface area contributed by atoms with E-state index in [1.54, 1.807) is 0 Å². The zero-order valence-corrected chi connectivity index (χ0v) is 12.5. The number of hydrogen-bond donors (Lipinski definition) is 1. The second kappa shape index (κ2) is 6.48. The zero-order chi connectivity index (χ0) is 14.7. The Kier molecular flexibility index (Phi) is 4.44. The minimum atomic E-state index is -0.0421. The summed E-state index contributed by atoms with van der Waals surface area (Å²) in [5, 5.41) is 0.639. The molecule has 0 saturated heterocycles. The molecular weight excluding hydrogens is 286 g/mol. The molecule has 1 aliphatic heterocycles. The number of hydrogen-bond acceptors (Lipinski definition) is 3. The van der Waals surface area contributed by atoms with Crippen LogP contribution in [0.3, 0.4) is 0 Å². The van der Waals surface area contributed by atoms with Gasteiger partial charge in [-0.1, -0.05) is 41.9 Å². The van der Waals surface area contributed by atoms with Crippen molar-refractivity contribution in [2.75, 3.05) is 13.2 Å². The first-order valence-electron chi connectivity index (χ1n) is 7.09. The molecule has 4 heteroatoms. The molecule has 1 aliphatic rings. The number of fused-ring (bicyclic) bond motifs is 1. The van der Waals surface area contributed by atoms with Crippen LogP contribution in [0.4, 0.5) is 0 Å². The number of rotatable bonds is 4. The molecule has 2 aromatic carbocycles. The lowest BCUT2D eigenvalue weighted by molar-refractivity contribution is 0.00999. The zero-order valence-electron chi connectivity index (χ0n) is 11.7. The van der Waals surface area contributed by atoms with Gasteiger partial charge in [-0.05, 0) is 29.7 Å². The van der Waals surface area contributed by atoms with Gasteiger partial charge in [0.15, 0.2) is 0 Å². The third-order valence-electron chi connectivity index (χ3n) is 3.76. The summed E-state index contributed by atoms with van der Waals surface area (Å²) in [5.74, 6) is 0.733. The molecule has 110 valence electrons. The van der Waals surface area contributed by atoms with Crippen LogP contribution in [0.1, 0.15) is 22.8 Å². The Labute approximate surface area is 129 Å². The Morgan fingerprint density at radius 3 is 2.90 bits per heavy atom.